The van der Waals surface area contributed by atoms with Crippen molar-refractivity contribution < 1.29 is 24.1 Å². The van der Waals surface area contributed by atoms with Crippen LogP contribution >= 0.6 is 0 Å². The Morgan fingerprint density at radius 1 is 1.39 bits per heavy atom. The van der Waals surface area contributed by atoms with Gasteiger partial charge in [0.05, 0.1) is 13.2 Å². The number of ether oxygens (including phenoxy) is 3. The molecule has 0 saturated carbocycles. The van der Waals surface area contributed by atoms with Gasteiger partial charge in [-0.25, -0.2) is 4.79 Å². The lowest BCUT2D eigenvalue weighted by Crippen LogP contribution is -2.16. The van der Waals surface area contributed by atoms with Crippen molar-refractivity contribution in [1.29, 1.82) is 0 Å². The normalized spacial score (nSPS) is 11.9. The highest BCUT2D eigenvalue weighted by molar-refractivity contribution is 5.91. The molecule has 100 valence electrons. The molecule has 5 heteroatoms. The highest BCUT2D eigenvalue weighted by atomic mass is 16.5. The van der Waals surface area contributed by atoms with Crippen LogP contribution in [0.5, 0.6) is 11.5 Å². The first-order chi connectivity index (χ1) is 8.58. The molecule has 0 fully saturated rings. The maximum Gasteiger partial charge on any atom is 0.339 e. The fraction of sp³-hybridized carbons (Fsp3) is 0.462. The summed E-state index contributed by atoms with van der Waals surface area (Å²) in [7, 11) is 3.10. The molecule has 1 aromatic rings. The van der Waals surface area contributed by atoms with Crippen LogP contribution in [0.1, 0.15) is 23.7 Å². The van der Waals surface area contributed by atoms with Gasteiger partial charge in [-0.1, -0.05) is 0 Å². The number of carboxylic acid groups (broad SMARTS) is 1. The molecule has 5 nitrogen and oxygen atoms in total. The van der Waals surface area contributed by atoms with E-state index in [9.17, 15) is 4.79 Å². The summed E-state index contributed by atoms with van der Waals surface area (Å²) in [5, 5.41) is 9.11. The topological polar surface area (TPSA) is 65.0 Å². The number of carboxylic acids is 1. The predicted molar refractivity (Wildman–Crippen MR) is 66.5 cm³/mol. The van der Waals surface area contributed by atoms with Crippen molar-refractivity contribution in [2.45, 2.75) is 19.4 Å². The lowest BCUT2D eigenvalue weighted by Gasteiger charge is -2.16. The first-order valence-electron chi connectivity index (χ1n) is 5.65. The Balaban J connectivity index is 2.84. The second kappa shape index (κ2) is 6.86. The highest BCUT2D eigenvalue weighted by Gasteiger charge is 2.15. The van der Waals surface area contributed by atoms with Crippen molar-refractivity contribution >= 4 is 5.97 Å². The van der Waals surface area contributed by atoms with Gasteiger partial charge in [-0.3, -0.25) is 0 Å². The van der Waals surface area contributed by atoms with E-state index in [4.69, 9.17) is 19.3 Å². The maximum atomic E-state index is 11.1. The molecule has 0 aliphatic heterocycles. The van der Waals surface area contributed by atoms with Crippen LogP contribution in [0.3, 0.4) is 0 Å². The first kappa shape index (κ1) is 14.3. The van der Waals surface area contributed by atoms with E-state index in [0.29, 0.717) is 24.5 Å². The average molecular weight is 254 g/mol. The summed E-state index contributed by atoms with van der Waals surface area (Å²) in [5.41, 5.74) is 0.0959. The van der Waals surface area contributed by atoms with Crippen LogP contribution in [0, 0.1) is 0 Å². The molecule has 1 unspecified atom stereocenters. The molecule has 0 saturated heterocycles. The molecule has 0 spiro atoms. The van der Waals surface area contributed by atoms with Crippen LogP contribution in [-0.4, -0.2) is 38.0 Å². The van der Waals surface area contributed by atoms with Crippen LogP contribution in [-0.2, 0) is 4.74 Å². The van der Waals surface area contributed by atoms with Crippen molar-refractivity contribution in [2.75, 3.05) is 20.8 Å². The number of methoxy groups -OCH3 is 2. The molecular formula is C13H18O5. The molecule has 0 heterocycles. The molecule has 0 radical (unpaired) electrons. The Kier molecular flexibility index (Phi) is 5.45. The number of hydrogen-bond donors (Lipinski definition) is 1. The van der Waals surface area contributed by atoms with E-state index in [1.807, 2.05) is 6.92 Å². The summed E-state index contributed by atoms with van der Waals surface area (Å²) in [6.07, 6.45) is 0.582. The Bertz CT molecular complexity index is 402. The Morgan fingerprint density at radius 3 is 2.67 bits per heavy atom. The maximum absolute atomic E-state index is 11.1. The standard InChI is InChI=1S/C13H18O5/c1-9(6-7-16-2)18-12-5-4-10(17-3)8-11(12)13(14)15/h4-5,8-9H,6-7H2,1-3H3,(H,14,15). The molecule has 1 aromatic carbocycles. The minimum atomic E-state index is -1.04. The van der Waals surface area contributed by atoms with Crippen molar-refractivity contribution in [3.8, 4) is 11.5 Å². The van der Waals surface area contributed by atoms with Crippen molar-refractivity contribution in [3.63, 3.8) is 0 Å². The summed E-state index contributed by atoms with van der Waals surface area (Å²) in [5.74, 6) is -0.209. The minimum Gasteiger partial charge on any atom is -0.497 e. The van der Waals surface area contributed by atoms with Gasteiger partial charge < -0.3 is 19.3 Å². The fourth-order valence-electron chi connectivity index (χ4n) is 1.47. The van der Waals surface area contributed by atoms with Gasteiger partial charge in [-0.2, -0.15) is 0 Å². The fourth-order valence-corrected chi connectivity index (χ4v) is 1.47. The van der Waals surface area contributed by atoms with E-state index in [0.717, 1.165) is 0 Å². The van der Waals surface area contributed by atoms with E-state index >= 15 is 0 Å². The monoisotopic (exact) mass is 254 g/mol. The zero-order valence-corrected chi connectivity index (χ0v) is 10.8. The molecule has 0 amide bonds. The molecule has 1 N–H and O–H groups in total. The predicted octanol–water partition coefficient (Wildman–Crippen LogP) is 2.20. The number of carbonyl (C=O) groups is 1. The van der Waals surface area contributed by atoms with Crippen molar-refractivity contribution in [3.05, 3.63) is 23.8 Å². The summed E-state index contributed by atoms with van der Waals surface area (Å²) < 4.78 is 15.5. The Hall–Kier alpha value is -1.75. The lowest BCUT2D eigenvalue weighted by molar-refractivity contribution is 0.0687. The smallest absolute Gasteiger partial charge is 0.339 e. The molecule has 0 bridgehead atoms. The second-order valence-electron chi connectivity index (χ2n) is 3.88. The van der Waals surface area contributed by atoms with Gasteiger partial charge in [0, 0.05) is 20.1 Å². The van der Waals surface area contributed by atoms with Gasteiger partial charge in [0.2, 0.25) is 0 Å². The molecule has 0 aliphatic rings. The summed E-state index contributed by atoms with van der Waals surface area (Å²) >= 11 is 0. The van der Waals surface area contributed by atoms with E-state index in [1.165, 1.54) is 13.2 Å². The van der Waals surface area contributed by atoms with Gasteiger partial charge in [-0.15, -0.1) is 0 Å². The average Bonchev–Trinajstić information content (AvgIpc) is 2.36. The molecule has 0 aromatic heterocycles. The molecular weight excluding hydrogens is 236 g/mol. The third kappa shape index (κ3) is 3.92. The first-order valence-corrected chi connectivity index (χ1v) is 5.65. The van der Waals surface area contributed by atoms with Gasteiger partial charge in [0.1, 0.15) is 17.1 Å². The van der Waals surface area contributed by atoms with E-state index in [2.05, 4.69) is 0 Å². The van der Waals surface area contributed by atoms with Crippen LogP contribution in [0.15, 0.2) is 18.2 Å². The van der Waals surface area contributed by atoms with Crippen LogP contribution in [0.25, 0.3) is 0 Å². The number of hydrogen-bond acceptors (Lipinski definition) is 4. The molecule has 1 atom stereocenters. The van der Waals surface area contributed by atoms with Crippen LogP contribution in [0.4, 0.5) is 0 Å². The van der Waals surface area contributed by atoms with E-state index in [-0.39, 0.29) is 11.7 Å². The summed E-state index contributed by atoms with van der Waals surface area (Å²) in [6.45, 7) is 2.44. The molecule has 1 rings (SSSR count). The molecule has 18 heavy (non-hydrogen) atoms. The largest absolute Gasteiger partial charge is 0.497 e. The van der Waals surface area contributed by atoms with E-state index in [1.54, 1.807) is 19.2 Å². The third-order valence-corrected chi connectivity index (χ3v) is 2.47. The zero-order valence-electron chi connectivity index (χ0n) is 10.8. The Morgan fingerprint density at radius 2 is 2.11 bits per heavy atom. The summed E-state index contributed by atoms with van der Waals surface area (Å²) in [6, 6.07) is 4.72. The van der Waals surface area contributed by atoms with Gasteiger partial charge in [-0.05, 0) is 25.1 Å². The number of aromatic carboxylic acids is 1. The van der Waals surface area contributed by atoms with Gasteiger partial charge in [0.15, 0.2) is 0 Å². The third-order valence-electron chi connectivity index (χ3n) is 2.47. The van der Waals surface area contributed by atoms with Crippen LogP contribution in [0.2, 0.25) is 0 Å². The van der Waals surface area contributed by atoms with Crippen molar-refractivity contribution in [2.24, 2.45) is 0 Å². The van der Waals surface area contributed by atoms with Crippen LogP contribution < -0.4 is 9.47 Å². The lowest BCUT2D eigenvalue weighted by atomic mass is 10.2. The SMILES string of the molecule is COCCC(C)Oc1ccc(OC)cc1C(=O)O. The van der Waals surface area contributed by atoms with Crippen molar-refractivity contribution in [1.82, 2.24) is 0 Å². The van der Waals surface area contributed by atoms with Gasteiger partial charge >= 0.3 is 5.97 Å². The van der Waals surface area contributed by atoms with Gasteiger partial charge in [0.25, 0.3) is 0 Å². The van der Waals surface area contributed by atoms with E-state index < -0.39 is 5.97 Å². The molecule has 0 aliphatic carbocycles. The zero-order chi connectivity index (χ0) is 13.5. The second-order valence-corrected chi connectivity index (χ2v) is 3.88. The Labute approximate surface area is 106 Å². The number of rotatable bonds is 7. The highest BCUT2D eigenvalue weighted by Crippen LogP contribution is 2.25. The minimum absolute atomic E-state index is 0.0959. The summed E-state index contributed by atoms with van der Waals surface area (Å²) in [4.78, 5) is 11.1. The number of benzene rings is 1. The quantitative estimate of drug-likeness (QED) is 0.808.